The molecule has 2 aromatic rings. The van der Waals surface area contributed by atoms with Crippen molar-refractivity contribution in [2.24, 2.45) is 0 Å². The van der Waals surface area contributed by atoms with E-state index in [-0.39, 0.29) is 24.8 Å². The lowest BCUT2D eigenvalue weighted by Gasteiger charge is -2.06. The standard InChI is InChI=1S/C16H15NO4S/c1-11-4-6-12(7-5-11)16(20)17-9-15(19)21-10-13(18)14-3-2-8-22-14/h2-8H,9-10H2,1H3,(H,17,20). The average Bonchev–Trinajstić information content (AvgIpc) is 3.05. The summed E-state index contributed by atoms with van der Waals surface area (Å²) in [6.45, 7) is 1.33. The van der Waals surface area contributed by atoms with Crippen molar-refractivity contribution in [3.8, 4) is 0 Å². The minimum Gasteiger partial charge on any atom is -0.456 e. The van der Waals surface area contributed by atoms with Crippen molar-refractivity contribution in [2.45, 2.75) is 6.92 Å². The van der Waals surface area contributed by atoms with Crippen molar-refractivity contribution in [2.75, 3.05) is 13.2 Å². The highest BCUT2D eigenvalue weighted by Crippen LogP contribution is 2.09. The number of rotatable bonds is 6. The van der Waals surface area contributed by atoms with Crippen LogP contribution in [0.1, 0.15) is 25.6 Å². The molecule has 0 fully saturated rings. The molecular formula is C16H15NO4S. The van der Waals surface area contributed by atoms with E-state index in [2.05, 4.69) is 5.32 Å². The molecule has 6 heteroatoms. The molecule has 1 amide bonds. The monoisotopic (exact) mass is 317 g/mol. The SMILES string of the molecule is Cc1ccc(C(=O)NCC(=O)OCC(=O)c2cccs2)cc1. The molecule has 2 rings (SSSR count). The smallest absolute Gasteiger partial charge is 0.325 e. The van der Waals surface area contributed by atoms with Gasteiger partial charge < -0.3 is 10.1 Å². The van der Waals surface area contributed by atoms with Gasteiger partial charge in [-0.1, -0.05) is 23.8 Å². The summed E-state index contributed by atoms with van der Waals surface area (Å²) < 4.78 is 4.84. The summed E-state index contributed by atoms with van der Waals surface area (Å²) in [6.07, 6.45) is 0. The molecule has 1 aromatic carbocycles. The van der Waals surface area contributed by atoms with Gasteiger partial charge in [-0.3, -0.25) is 14.4 Å². The predicted octanol–water partition coefficient (Wildman–Crippen LogP) is 2.21. The number of hydrogen-bond acceptors (Lipinski definition) is 5. The molecular weight excluding hydrogens is 302 g/mol. The van der Waals surface area contributed by atoms with Crippen LogP contribution in [0.4, 0.5) is 0 Å². The molecule has 1 aromatic heterocycles. The third-order valence-corrected chi connectivity index (χ3v) is 3.78. The Kier molecular flexibility index (Phi) is 5.43. The summed E-state index contributed by atoms with van der Waals surface area (Å²) >= 11 is 1.29. The molecule has 0 radical (unpaired) electrons. The Balaban J connectivity index is 1.74. The van der Waals surface area contributed by atoms with Gasteiger partial charge >= 0.3 is 5.97 Å². The number of ether oxygens (including phenoxy) is 1. The number of hydrogen-bond donors (Lipinski definition) is 1. The highest BCUT2D eigenvalue weighted by atomic mass is 32.1. The molecule has 0 aliphatic rings. The molecule has 0 bridgehead atoms. The van der Waals surface area contributed by atoms with Crippen LogP contribution in [0, 0.1) is 6.92 Å². The summed E-state index contributed by atoms with van der Waals surface area (Å²) in [5.41, 5.74) is 1.51. The van der Waals surface area contributed by atoms with Gasteiger partial charge in [-0.25, -0.2) is 0 Å². The number of amides is 1. The summed E-state index contributed by atoms with van der Waals surface area (Å²) in [4.78, 5) is 35.5. The molecule has 0 spiro atoms. The van der Waals surface area contributed by atoms with E-state index in [9.17, 15) is 14.4 Å². The number of thiophene rings is 1. The number of Topliss-reactive ketones (excluding diaryl/α,β-unsaturated/α-hetero) is 1. The summed E-state index contributed by atoms with van der Waals surface area (Å²) in [7, 11) is 0. The maximum absolute atomic E-state index is 11.8. The number of ketones is 1. The fourth-order valence-corrected chi connectivity index (χ4v) is 2.32. The number of nitrogens with one attached hydrogen (secondary N) is 1. The number of esters is 1. The Bertz CT molecular complexity index is 662. The van der Waals surface area contributed by atoms with Gasteiger partial charge in [0.25, 0.3) is 5.91 Å². The zero-order valence-corrected chi connectivity index (χ0v) is 12.8. The van der Waals surface area contributed by atoms with Crippen LogP contribution >= 0.6 is 11.3 Å². The molecule has 1 N–H and O–H groups in total. The molecule has 0 aliphatic heterocycles. The molecule has 0 saturated carbocycles. The highest BCUT2D eigenvalue weighted by Gasteiger charge is 2.12. The van der Waals surface area contributed by atoms with Crippen LogP contribution in [-0.2, 0) is 9.53 Å². The van der Waals surface area contributed by atoms with Gasteiger partial charge in [0.2, 0.25) is 5.78 Å². The molecule has 22 heavy (non-hydrogen) atoms. The zero-order valence-electron chi connectivity index (χ0n) is 12.0. The van der Waals surface area contributed by atoms with E-state index in [1.54, 1.807) is 29.6 Å². The fourth-order valence-electron chi connectivity index (χ4n) is 1.66. The van der Waals surface area contributed by atoms with Gasteiger partial charge in [-0.15, -0.1) is 11.3 Å². The van der Waals surface area contributed by atoms with Crippen molar-refractivity contribution in [3.63, 3.8) is 0 Å². The number of carbonyl (C=O) groups is 3. The van der Waals surface area contributed by atoms with Crippen molar-refractivity contribution in [3.05, 3.63) is 57.8 Å². The second-order valence-corrected chi connectivity index (χ2v) is 5.56. The first-order valence-corrected chi connectivity index (χ1v) is 7.51. The maximum atomic E-state index is 11.8. The predicted molar refractivity (Wildman–Crippen MR) is 83.1 cm³/mol. The average molecular weight is 317 g/mol. The van der Waals surface area contributed by atoms with Crippen molar-refractivity contribution >= 4 is 29.0 Å². The summed E-state index contributed by atoms with van der Waals surface area (Å²) in [6, 6.07) is 10.4. The number of aryl methyl sites for hydroxylation is 1. The Morgan fingerprint density at radius 2 is 1.86 bits per heavy atom. The molecule has 0 aliphatic carbocycles. The first-order chi connectivity index (χ1) is 10.6. The minimum atomic E-state index is -0.648. The van der Waals surface area contributed by atoms with E-state index < -0.39 is 5.97 Å². The zero-order chi connectivity index (χ0) is 15.9. The third-order valence-electron chi connectivity index (χ3n) is 2.87. The largest absolute Gasteiger partial charge is 0.456 e. The Hall–Kier alpha value is -2.47. The maximum Gasteiger partial charge on any atom is 0.325 e. The normalized spacial score (nSPS) is 10.0. The lowest BCUT2D eigenvalue weighted by molar-refractivity contribution is -0.141. The molecule has 0 saturated heterocycles. The molecule has 1 heterocycles. The number of benzene rings is 1. The number of carbonyl (C=O) groups excluding carboxylic acids is 3. The van der Waals surface area contributed by atoms with Gasteiger partial charge in [0, 0.05) is 5.56 Å². The highest BCUT2D eigenvalue weighted by molar-refractivity contribution is 7.12. The van der Waals surface area contributed by atoms with E-state index in [0.717, 1.165) is 5.56 Å². The van der Waals surface area contributed by atoms with Crippen LogP contribution < -0.4 is 5.32 Å². The Morgan fingerprint density at radius 3 is 2.50 bits per heavy atom. The fraction of sp³-hybridized carbons (Fsp3) is 0.188. The van der Waals surface area contributed by atoms with Gasteiger partial charge in [-0.05, 0) is 30.5 Å². The third kappa shape index (κ3) is 4.53. The molecule has 114 valence electrons. The van der Waals surface area contributed by atoms with Crippen LogP contribution in [0.3, 0.4) is 0 Å². The van der Waals surface area contributed by atoms with Gasteiger partial charge in [0.1, 0.15) is 6.54 Å². The van der Waals surface area contributed by atoms with Crippen LogP contribution in [0.5, 0.6) is 0 Å². The van der Waals surface area contributed by atoms with Gasteiger partial charge in [0.15, 0.2) is 6.61 Å². The minimum absolute atomic E-state index is 0.256. The Morgan fingerprint density at radius 1 is 1.14 bits per heavy atom. The lowest BCUT2D eigenvalue weighted by Crippen LogP contribution is -2.31. The second kappa shape index (κ2) is 7.51. The second-order valence-electron chi connectivity index (χ2n) is 4.61. The molecule has 0 unspecified atom stereocenters. The van der Waals surface area contributed by atoms with Crippen molar-refractivity contribution < 1.29 is 19.1 Å². The van der Waals surface area contributed by atoms with Crippen molar-refractivity contribution in [1.29, 1.82) is 0 Å². The van der Waals surface area contributed by atoms with E-state index in [4.69, 9.17) is 4.74 Å². The van der Waals surface area contributed by atoms with Crippen molar-refractivity contribution in [1.82, 2.24) is 5.32 Å². The van der Waals surface area contributed by atoms with E-state index >= 15 is 0 Å². The first kappa shape index (κ1) is 15.9. The van der Waals surface area contributed by atoms with Crippen LogP contribution in [0.25, 0.3) is 0 Å². The first-order valence-electron chi connectivity index (χ1n) is 6.63. The lowest BCUT2D eigenvalue weighted by atomic mass is 10.1. The van der Waals surface area contributed by atoms with E-state index in [0.29, 0.717) is 10.4 Å². The topological polar surface area (TPSA) is 72.5 Å². The Labute approximate surface area is 131 Å². The van der Waals surface area contributed by atoms with Crippen LogP contribution in [0.15, 0.2) is 41.8 Å². The van der Waals surface area contributed by atoms with E-state index in [1.165, 1.54) is 11.3 Å². The van der Waals surface area contributed by atoms with Crippen LogP contribution in [-0.4, -0.2) is 30.8 Å². The summed E-state index contributed by atoms with van der Waals surface area (Å²) in [5.74, 6) is -1.26. The molecule has 0 atom stereocenters. The molecule has 5 nitrogen and oxygen atoms in total. The van der Waals surface area contributed by atoms with Gasteiger partial charge in [0.05, 0.1) is 4.88 Å². The van der Waals surface area contributed by atoms with E-state index in [1.807, 2.05) is 19.1 Å². The van der Waals surface area contributed by atoms with Crippen LogP contribution in [0.2, 0.25) is 0 Å². The van der Waals surface area contributed by atoms with Gasteiger partial charge in [-0.2, -0.15) is 0 Å². The quantitative estimate of drug-likeness (QED) is 0.655. The summed E-state index contributed by atoms with van der Waals surface area (Å²) in [5, 5.41) is 4.23.